The second-order valence-corrected chi connectivity index (χ2v) is 9.90. The lowest BCUT2D eigenvalue weighted by molar-refractivity contribution is 0.0746. The monoisotopic (exact) mass is 490 g/mol. The lowest BCUT2D eigenvalue weighted by Crippen LogP contribution is -2.49. The van der Waals surface area contributed by atoms with E-state index in [-0.39, 0.29) is 16.6 Å². The number of piperazine rings is 1. The zero-order valence-corrected chi connectivity index (χ0v) is 19.6. The van der Waals surface area contributed by atoms with E-state index in [0.717, 1.165) is 5.39 Å². The fourth-order valence-electron chi connectivity index (χ4n) is 4.23. The summed E-state index contributed by atoms with van der Waals surface area (Å²) in [6.45, 7) is 2.00. The number of anilines is 2. The second kappa shape index (κ2) is 9.34. The Balaban J connectivity index is 1.26. The molecule has 1 N–H and O–H groups in total. The molecule has 2 heterocycles. The molecule has 4 aromatic rings. The fourth-order valence-corrected chi connectivity index (χ4v) is 5.46. The summed E-state index contributed by atoms with van der Waals surface area (Å²) in [7, 11) is -3.87. The fraction of sp³-hybridized carbons (Fsp3) is 0.154. The first-order valence-electron chi connectivity index (χ1n) is 11.2. The lowest BCUT2D eigenvalue weighted by Gasteiger charge is -2.36. The number of carbonyl (C=O) groups excluding carboxylic acids is 1. The summed E-state index contributed by atoms with van der Waals surface area (Å²) in [5, 5.41) is 0.728. The van der Waals surface area contributed by atoms with E-state index in [4.69, 9.17) is 0 Å². The number of benzene rings is 3. The molecule has 1 amide bonds. The van der Waals surface area contributed by atoms with Crippen molar-refractivity contribution in [3.63, 3.8) is 0 Å². The van der Waals surface area contributed by atoms with Gasteiger partial charge >= 0.3 is 0 Å². The molecule has 178 valence electrons. The molecule has 0 spiro atoms. The van der Waals surface area contributed by atoms with E-state index in [9.17, 15) is 17.6 Å². The lowest BCUT2D eigenvalue weighted by atomic mass is 10.1. The number of halogens is 1. The predicted molar refractivity (Wildman–Crippen MR) is 134 cm³/mol. The number of pyridine rings is 1. The maximum absolute atomic E-state index is 14.1. The molecule has 0 bridgehead atoms. The molecule has 0 unspecified atom stereocenters. The third kappa shape index (κ3) is 4.67. The topological polar surface area (TPSA) is 82.6 Å². The van der Waals surface area contributed by atoms with Crippen LogP contribution in [-0.2, 0) is 10.0 Å². The van der Waals surface area contributed by atoms with E-state index in [1.54, 1.807) is 77.8 Å². The van der Waals surface area contributed by atoms with E-state index >= 15 is 0 Å². The van der Waals surface area contributed by atoms with Gasteiger partial charge in [0.25, 0.3) is 15.9 Å². The number of amides is 1. The zero-order chi connectivity index (χ0) is 24.4. The van der Waals surface area contributed by atoms with Gasteiger partial charge in [-0.1, -0.05) is 30.3 Å². The summed E-state index contributed by atoms with van der Waals surface area (Å²) in [4.78, 5) is 20.9. The van der Waals surface area contributed by atoms with Crippen LogP contribution in [-0.4, -0.2) is 50.4 Å². The number of nitrogens with zero attached hydrogens (tertiary/aromatic N) is 3. The van der Waals surface area contributed by atoms with Crippen molar-refractivity contribution in [3.8, 4) is 0 Å². The number of nitrogens with one attached hydrogen (secondary N) is 1. The van der Waals surface area contributed by atoms with Gasteiger partial charge in [0.05, 0.1) is 11.2 Å². The molecule has 0 aliphatic carbocycles. The Morgan fingerprint density at radius 3 is 2.31 bits per heavy atom. The Hall–Kier alpha value is -3.98. The van der Waals surface area contributed by atoms with Crippen molar-refractivity contribution >= 4 is 38.2 Å². The second-order valence-electron chi connectivity index (χ2n) is 8.24. The molecular weight excluding hydrogens is 467 g/mol. The Kier molecular flexibility index (Phi) is 6.08. The number of para-hydroxylation sites is 2. The number of hydrogen-bond donors (Lipinski definition) is 1. The maximum Gasteiger partial charge on any atom is 0.264 e. The summed E-state index contributed by atoms with van der Waals surface area (Å²) >= 11 is 0. The van der Waals surface area contributed by atoms with Gasteiger partial charge in [0.2, 0.25) is 0 Å². The summed E-state index contributed by atoms with van der Waals surface area (Å²) in [5.41, 5.74) is 1.74. The van der Waals surface area contributed by atoms with Crippen molar-refractivity contribution < 1.29 is 17.6 Å². The van der Waals surface area contributed by atoms with E-state index in [1.807, 2.05) is 4.90 Å². The van der Waals surface area contributed by atoms with Gasteiger partial charge in [-0.05, 0) is 48.5 Å². The van der Waals surface area contributed by atoms with Crippen LogP contribution in [0.3, 0.4) is 0 Å². The van der Waals surface area contributed by atoms with Crippen LogP contribution in [0.4, 0.5) is 15.8 Å². The Bertz CT molecular complexity index is 1480. The molecule has 9 heteroatoms. The summed E-state index contributed by atoms with van der Waals surface area (Å²) < 4.78 is 42.6. The van der Waals surface area contributed by atoms with Gasteiger partial charge < -0.3 is 9.80 Å². The van der Waals surface area contributed by atoms with E-state index < -0.39 is 10.0 Å². The molecule has 35 heavy (non-hydrogen) atoms. The predicted octanol–water partition coefficient (Wildman–Crippen LogP) is 4.14. The highest BCUT2D eigenvalue weighted by molar-refractivity contribution is 7.93. The highest BCUT2D eigenvalue weighted by Crippen LogP contribution is 2.24. The van der Waals surface area contributed by atoms with E-state index in [0.29, 0.717) is 48.6 Å². The highest BCUT2D eigenvalue weighted by atomic mass is 32.2. The van der Waals surface area contributed by atoms with Crippen LogP contribution in [0.15, 0.2) is 90.0 Å². The van der Waals surface area contributed by atoms with Gasteiger partial charge in [-0.3, -0.25) is 14.5 Å². The normalized spacial score (nSPS) is 14.2. The van der Waals surface area contributed by atoms with E-state index in [2.05, 4.69) is 9.71 Å². The standard InChI is InChI=1S/C26H23FN4O3S/c27-22-7-1-2-8-23(22)30-15-17-31(18-16-30)26(32)20-10-12-21(13-11-20)29-35(33,34)24-9-3-5-19-6-4-14-28-25(19)24/h1-14,29H,15-18H2. The van der Waals surface area contributed by atoms with Crippen molar-refractivity contribution in [2.75, 3.05) is 35.8 Å². The third-order valence-electron chi connectivity index (χ3n) is 6.03. The molecule has 1 aliphatic heterocycles. The minimum absolute atomic E-state index is 0.0866. The SMILES string of the molecule is O=C(c1ccc(NS(=O)(=O)c2cccc3cccnc23)cc1)N1CCN(c2ccccc2F)CC1. The number of carbonyl (C=O) groups is 1. The minimum Gasteiger partial charge on any atom is -0.366 e. The molecule has 1 saturated heterocycles. The Labute approximate surface area is 202 Å². The maximum atomic E-state index is 14.1. The average Bonchev–Trinajstić information content (AvgIpc) is 2.88. The zero-order valence-electron chi connectivity index (χ0n) is 18.8. The smallest absolute Gasteiger partial charge is 0.264 e. The first-order valence-corrected chi connectivity index (χ1v) is 12.7. The van der Waals surface area contributed by atoms with Crippen LogP contribution in [0.25, 0.3) is 10.9 Å². The largest absolute Gasteiger partial charge is 0.366 e. The summed E-state index contributed by atoms with van der Waals surface area (Å²) in [6.07, 6.45) is 1.55. The number of fused-ring (bicyclic) bond motifs is 1. The van der Waals surface area contributed by atoms with Crippen molar-refractivity contribution in [2.45, 2.75) is 4.90 Å². The number of hydrogen-bond acceptors (Lipinski definition) is 5. The quantitative estimate of drug-likeness (QED) is 0.455. The van der Waals surface area contributed by atoms with Gasteiger partial charge in [0.15, 0.2) is 0 Å². The number of sulfonamides is 1. The van der Waals surface area contributed by atoms with Crippen LogP contribution in [0.2, 0.25) is 0 Å². The van der Waals surface area contributed by atoms with Gasteiger partial charge in [-0.25, -0.2) is 12.8 Å². The van der Waals surface area contributed by atoms with E-state index in [1.165, 1.54) is 12.1 Å². The third-order valence-corrected chi connectivity index (χ3v) is 7.44. The molecule has 0 saturated carbocycles. The number of rotatable bonds is 5. The van der Waals surface area contributed by atoms with Gasteiger partial charge in [0, 0.05) is 49.0 Å². The molecule has 1 aromatic heterocycles. The van der Waals surface area contributed by atoms with Crippen LogP contribution < -0.4 is 9.62 Å². The van der Waals surface area contributed by atoms with Crippen LogP contribution in [0.5, 0.6) is 0 Å². The first-order chi connectivity index (χ1) is 16.9. The summed E-state index contributed by atoms with van der Waals surface area (Å²) in [6, 6.07) is 21.5. The van der Waals surface area contributed by atoms with Crippen molar-refractivity contribution in [3.05, 3.63) is 96.4 Å². The molecule has 0 atom stereocenters. The molecule has 7 nitrogen and oxygen atoms in total. The molecule has 1 fully saturated rings. The van der Waals surface area contributed by atoms with Gasteiger partial charge in [-0.2, -0.15) is 0 Å². The average molecular weight is 491 g/mol. The van der Waals surface area contributed by atoms with Crippen LogP contribution >= 0.6 is 0 Å². The molecule has 1 aliphatic rings. The number of aromatic nitrogens is 1. The van der Waals surface area contributed by atoms with Crippen molar-refractivity contribution in [2.24, 2.45) is 0 Å². The van der Waals surface area contributed by atoms with Crippen LogP contribution in [0.1, 0.15) is 10.4 Å². The summed E-state index contributed by atoms with van der Waals surface area (Å²) in [5.74, 6) is -0.421. The molecule has 3 aromatic carbocycles. The highest BCUT2D eigenvalue weighted by Gasteiger charge is 2.24. The first kappa shape index (κ1) is 22.8. The molecule has 5 rings (SSSR count). The van der Waals surface area contributed by atoms with Crippen molar-refractivity contribution in [1.82, 2.24) is 9.88 Å². The minimum atomic E-state index is -3.87. The van der Waals surface area contributed by atoms with Crippen molar-refractivity contribution in [1.29, 1.82) is 0 Å². The Morgan fingerprint density at radius 1 is 0.857 bits per heavy atom. The Morgan fingerprint density at radius 2 is 1.57 bits per heavy atom. The molecular formula is C26H23FN4O3S. The van der Waals surface area contributed by atoms with Gasteiger partial charge in [0.1, 0.15) is 10.7 Å². The van der Waals surface area contributed by atoms with Gasteiger partial charge in [-0.15, -0.1) is 0 Å². The molecule has 0 radical (unpaired) electrons. The van der Waals surface area contributed by atoms with Crippen LogP contribution in [0, 0.1) is 5.82 Å².